The van der Waals surface area contributed by atoms with Crippen LogP contribution in [0.2, 0.25) is 5.15 Å². The zero-order chi connectivity index (χ0) is 14.0. The number of H-pyrrole nitrogens is 1. The van der Waals surface area contributed by atoms with Crippen LogP contribution in [0.5, 0.6) is 11.5 Å². The van der Waals surface area contributed by atoms with E-state index in [0.29, 0.717) is 17.2 Å². The third kappa shape index (κ3) is 2.48. The van der Waals surface area contributed by atoms with E-state index in [1.807, 2.05) is 0 Å². The summed E-state index contributed by atoms with van der Waals surface area (Å²) in [6.45, 7) is 0. The van der Waals surface area contributed by atoms with Crippen molar-refractivity contribution < 1.29 is 9.47 Å². The summed E-state index contributed by atoms with van der Waals surface area (Å²) in [4.78, 5) is 26.0. The fraction of sp³-hybridized carbons (Fsp3) is 0.167. The Labute approximate surface area is 113 Å². The van der Waals surface area contributed by atoms with Crippen molar-refractivity contribution >= 4 is 11.6 Å². The fourth-order valence-corrected chi connectivity index (χ4v) is 1.84. The van der Waals surface area contributed by atoms with Crippen molar-refractivity contribution in [3.63, 3.8) is 0 Å². The normalized spacial score (nSPS) is 10.3. The van der Waals surface area contributed by atoms with Gasteiger partial charge < -0.3 is 9.47 Å². The van der Waals surface area contributed by atoms with Gasteiger partial charge >= 0.3 is 5.69 Å². The molecule has 100 valence electrons. The Morgan fingerprint density at radius 1 is 1.16 bits per heavy atom. The maximum Gasteiger partial charge on any atom is 0.334 e. The number of hydrogen-bond donors (Lipinski definition) is 1. The van der Waals surface area contributed by atoms with E-state index in [2.05, 4.69) is 4.98 Å². The highest BCUT2D eigenvalue weighted by Crippen LogP contribution is 2.26. The third-order valence-electron chi connectivity index (χ3n) is 2.53. The fourth-order valence-electron chi connectivity index (χ4n) is 1.66. The van der Waals surface area contributed by atoms with Crippen LogP contribution in [0.4, 0.5) is 0 Å². The van der Waals surface area contributed by atoms with Crippen molar-refractivity contribution in [2.75, 3.05) is 14.2 Å². The van der Waals surface area contributed by atoms with E-state index in [-0.39, 0.29) is 5.15 Å². The Morgan fingerprint density at radius 3 is 2.47 bits per heavy atom. The second kappa shape index (κ2) is 5.19. The molecule has 2 aromatic rings. The van der Waals surface area contributed by atoms with Gasteiger partial charge in [0, 0.05) is 12.1 Å². The van der Waals surface area contributed by atoms with Crippen LogP contribution in [0, 0.1) is 0 Å². The molecule has 2 rings (SSSR count). The van der Waals surface area contributed by atoms with Crippen molar-refractivity contribution in [1.29, 1.82) is 0 Å². The summed E-state index contributed by atoms with van der Waals surface area (Å²) in [5.41, 5.74) is -0.871. The van der Waals surface area contributed by atoms with Crippen LogP contribution in [0.15, 0.2) is 33.9 Å². The first-order chi connectivity index (χ1) is 9.06. The molecule has 0 unspecified atom stereocenters. The summed E-state index contributed by atoms with van der Waals surface area (Å²) >= 11 is 5.61. The van der Waals surface area contributed by atoms with Gasteiger partial charge in [0.25, 0.3) is 5.56 Å². The van der Waals surface area contributed by atoms with Gasteiger partial charge in [0.05, 0.1) is 19.9 Å². The van der Waals surface area contributed by atoms with Crippen LogP contribution >= 0.6 is 11.6 Å². The van der Waals surface area contributed by atoms with Crippen LogP contribution in [-0.2, 0) is 0 Å². The van der Waals surface area contributed by atoms with Gasteiger partial charge in [0.1, 0.15) is 16.7 Å². The van der Waals surface area contributed by atoms with Gasteiger partial charge in [-0.05, 0) is 12.1 Å². The number of ether oxygens (including phenoxy) is 2. The molecule has 0 atom stereocenters. The average molecular weight is 283 g/mol. The minimum atomic E-state index is -0.638. The molecule has 0 fully saturated rings. The molecule has 0 saturated carbocycles. The summed E-state index contributed by atoms with van der Waals surface area (Å²) in [6.07, 6.45) is 0. The van der Waals surface area contributed by atoms with Crippen LogP contribution in [0.1, 0.15) is 0 Å². The molecule has 7 heteroatoms. The lowest BCUT2D eigenvalue weighted by molar-refractivity contribution is 0.392. The van der Waals surface area contributed by atoms with Crippen molar-refractivity contribution in [1.82, 2.24) is 9.55 Å². The quantitative estimate of drug-likeness (QED) is 0.859. The number of aromatic amines is 1. The van der Waals surface area contributed by atoms with Gasteiger partial charge in [-0.25, -0.2) is 9.36 Å². The number of methoxy groups -OCH3 is 2. The van der Waals surface area contributed by atoms with E-state index in [1.165, 1.54) is 14.2 Å². The Kier molecular flexibility index (Phi) is 3.62. The Hall–Kier alpha value is -2.21. The van der Waals surface area contributed by atoms with E-state index < -0.39 is 11.2 Å². The molecule has 1 aromatic carbocycles. The number of aromatic nitrogens is 2. The Balaban J connectivity index is 2.72. The molecule has 0 radical (unpaired) electrons. The van der Waals surface area contributed by atoms with E-state index in [4.69, 9.17) is 21.1 Å². The van der Waals surface area contributed by atoms with Crippen LogP contribution in [-0.4, -0.2) is 23.8 Å². The molecule has 0 aliphatic rings. The molecule has 1 N–H and O–H groups in total. The smallest absolute Gasteiger partial charge is 0.334 e. The first-order valence-electron chi connectivity index (χ1n) is 5.31. The summed E-state index contributed by atoms with van der Waals surface area (Å²) in [5, 5.41) is -0.0151. The van der Waals surface area contributed by atoms with Crippen LogP contribution in [0.3, 0.4) is 0 Å². The predicted molar refractivity (Wildman–Crippen MR) is 70.8 cm³/mol. The van der Waals surface area contributed by atoms with Crippen LogP contribution < -0.4 is 20.7 Å². The van der Waals surface area contributed by atoms with E-state index in [0.717, 1.165) is 10.6 Å². The second-order valence-corrected chi connectivity index (χ2v) is 4.04. The van der Waals surface area contributed by atoms with Gasteiger partial charge in [-0.2, -0.15) is 0 Å². The molecule has 0 bridgehead atoms. The molecular formula is C12H11ClN2O4. The highest BCUT2D eigenvalue weighted by Gasteiger charge is 2.12. The van der Waals surface area contributed by atoms with Gasteiger partial charge in [-0.15, -0.1) is 0 Å². The first-order valence-corrected chi connectivity index (χ1v) is 5.69. The minimum Gasteiger partial charge on any atom is -0.497 e. The lowest BCUT2D eigenvalue weighted by Crippen LogP contribution is -2.33. The molecule has 0 aliphatic heterocycles. The lowest BCUT2D eigenvalue weighted by Gasteiger charge is -2.11. The number of benzene rings is 1. The average Bonchev–Trinajstić information content (AvgIpc) is 2.37. The molecule has 0 aliphatic carbocycles. The number of hydrogen-bond acceptors (Lipinski definition) is 4. The summed E-state index contributed by atoms with van der Waals surface area (Å²) in [7, 11) is 2.95. The molecule has 6 nitrogen and oxygen atoms in total. The SMILES string of the molecule is COc1ccc(-n2c(=O)cc(Cl)[nH]c2=O)c(OC)c1. The van der Waals surface area contributed by atoms with Gasteiger partial charge in [-0.1, -0.05) is 11.6 Å². The summed E-state index contributed by atoms with van der Waals surface area (Å²) < 4.78 is 11.1. The number of rotatable bonds is 3. The van der Waals surface area contributed by atoms with Gasteiger partial charge in [0.2, 0.25) is 0 Å². The molecule has 1 heterocycles. The monoisotopic (exact) mass is 282 g/mol. The summed E-state index contributed by atoms with van der Waals surface area (Å²) in [6, 6.07) is 5.88. The third-order valence-corrected chi connectivity index (χ3v) is 2.73. The lowest BCUT2D eigenvalue weighted by atomic mass is 10.2. The molecule has 0 amide bonds. The maximum atomic E-state index is 11.9. The maximum absolute atomic E-state index is 11.9. The highest BCUT2D eigenvalue weighted by molar-refractivity contribution is 6.29. The van der Waals surface area contributed by atoms with Crippen molar-refractivity contribution in [2.24, 2.45) is 0 Å². The van der Waals surface area contributed by atoms with Crippen molar-refractivity contribution in [2.45, 2.75) is 0 Å². The number of nitrogens with zero attached hydrogens (tertiary/aromatic N) is 1. The zero-order valence-corrected chi connectivity index (χ0v) is 11.0. The zero-order valence-electron chi connectivity index (χ0n) is 10.3. The highest BCUT2D eigenvalue weighted by atomic mass is 35.5. The van der Waals surface area contributed by atoms with E-state index in [1.54, 1.807) is 18.2 Å². The second-order valence-electron chi connectivity index (χ2n) is 3.63. The van der Waals surface area contributed by atoms with E-state index in [9.17, 15) is 9.59 Å². The predicted octanol–water partition coefficient (Wildman–Crippen LogP) is 1.20. The number of nitrogens with one attached hydrogen (secondary N) is 1. The van der Waals surface area contributed by atoms with Crippen molar-refractivity contribution in [3.8, 4) is 17.2 Å². The largest absolute Gasteiger partial charge is 0.497 e. The summed E-state index contributed by atoms with van der Waals surface area (Å²) in [5.74, 6) is 0.897. The van der Waals surface area contributed by atoms with Gasteiger partial charge in [0.15, 0.2) is 0 Å². The Bertz CT molecular complexity index is 689. The topological polar surface area (TPSA) is 73.3 Å². The standard InChI is InChI=1S/C12H11ClN2O4/c1-18-7-3-4-8(9(5-7)19-2)15-11(16)6-10(13)14-12(15)17/h3-6H,1-2H3,(H,14,17). The molecule has 0 spiro atoms. The van der Waals surface area contributed by atoms with Crippen molar-refractivity contribution in [3.05, 3.63) is 50.3 Å². The number of halogens is 1. The molecule has 19 heavy (non-hydrogen) atoms. The Morgan fingerprint density at radius 2 is 1.89 bits per heavy atom. The minimum absolute atomic E-state index is 0.0151. The molecule has 0 saturated heterocycles. The van der Waals surface area contributed by atoms with Crippen LogP contribution in [0.25, 0.3) is 5.69 Å². The van der Waals surface area contributed by atoms with Gasteiger partial charge in [-0.3, -0.25) is 9.78 Å². The molecule has 1 aromatic heterocycles. The first kappa shape index (κ1) is 13.2. The molecular weight excluding hydrogens is 272 g/mol. The van der Waals surface area contributed by atoms with E-state index >= 15 is 0 Å².